The van der Waals surface area contributed by atoms with Crippen molar-refractivity contribution >= 4 is 89.8 Å². The molecule has 0 aliphatic carbocycles. The van der Waals surface area contributed by atoms with Gasteiger partial charge in [0.1, 0.15) is 0 Å². The third kappa shape index (κ3) is 9.98. The van der Waals surface area contributed by atoms with Gasteiger partial charge in [0.05, 0.1) is 56.9 Å². The van der Waals surface area contributed by atoms with E-state index in [0.717, 1.165) is 102 Å². The molecule has 12 heteroatoms. The van der Waals surface area contributed by atoms with Gasteiger partial charge in [0.15, 0.2) is 0 Å². The molecule has 0 aliphatic rings. The maximum Gasteiger partial charge on any atom is 0.0936 e. The zero-order chi connectivity index (χ0) is 44.4. The Labute approximate surface area is 372 Å². The first-order valence-electron chi connectivity index (χ1n) is 21.3. The molecule has 0 atom stereocenters. The maximum absolute atomic E-state index is 4.64. The van der Waals surface area contributed by atoms with Crippen LogP contribution < -0.4 is 10.6 Å². The summed E-state index contributed by atoms with van der Waals surface area (Å²) in [6, 6.07) is 47.4. The lowest BCUT2D eigenvalue weighted by atomic mass is 10.1. The van der Waals surface area contributed by atoms with Crippen LogP contribution in [0.25, 0.3) is 21.5 Å². The lowest BCUT2D eigenvalue weighted by molar-refractivity contribution is 1.17. The Balaban J connectivity index is 0.870. The quantitative estimate of drug-likeness (QED) is 0.105. The predicted molar refractivity (Wildman–Crippen MR) is 262 cm³/mol. The first-order valence-corrected chi connectivity index (χ1v) is 21.3. The summed E-state index contributed by atoms with van der Waals surface area (Å²) in [5, 5.41) is 56.6. The first-order chi connectivity index (χ1) is 31.3. The Morgan fingerprint density at radius 2 is 0.562 bits per heavy atom. The molecule has 8 aromatic rings. The lowest BCUT2D eigenvalue weighted by Crippen LogP contribution is -1.96. The maximum atomic E-state index is 4.64. The van der Waals surface area contributed by atoms with Crippen LogP contribution in [0.1, 0.15) is 36.1 Å². The van der Waals surface area contributed by atoms with E-state index in [1.54, 1.807) is 0 Å². The highest BCUT2D eigenvalue weighted by Gasteiger charge is 2.10. The SMILES string of the molecule is CCNc1ccc(N=Nc2cc(C)c(N=Nc3ccc(N=Nc4ccc(N=Nc5cc(C)c(N=Nc6ccc(NCC)c7ccccc67)cc5C)cc4)cc3)cc2C)c2ccccc12. The number of azo groups is 5. The van der Waals surface area contributed by atoms with Crippen LogP contribution in [0.15, 0.2) is 197 Å². The van der Waals surface area contributed by atoms with Gasteiger partial charge in [0.25, 0.3) is 0 Å². The van der Waals surface area contributed by atoms with Crippen LogP contribution in [0.3, 0.4) is 0 Å². The first kappa shape index (κ1) is 42.6. The van der Waals surface area contributed by atoms with Crippen LogP contribution in [0, 0.1) is 27.7 Å². The van der Waals surface area contributed by atoms with Crippen molar-refractivity contribution in [2.45, 2.75) is 41.5 Å². The Morgan fingerprint density at radius 1 is 0.297 bits per heavy atom. The Morgan fingerprint density at radius 3 is 0.875 bits per heavy atom. The summed E-state index contributed by atoms with van der Waals surface area (Å²) in [4.78, 5) is 0. The molecule has 0 saturated heterocycles. The molecule has 64 heavy (non-hydrogen) atoms. The van der Waals surface area contributed by atoms with Gasteiger partial charge in [0, 0.05) is 46.0 Å². The number of fused-ring (bicyclic) bond motifs is 2. The monoisotopic (exact) mass is 840 g/mol. The number of rotatable bonds is 14. The molecule has 0 fully saturated rings. The summed E-state index contributed by atoms with van der Waals surface area (Å²) >= 11 is 0. The minimum atomic E-state index is 0.692. The fourth-order valence-corrected chi connectivity index (χ4v) is 7.16. The number of hydrogen-bond donors (Lipinski definition) is 2. The van der Waals surface area contributed by atoms with Crippen LogP contribution >= 0.6 is 0 Å². The summed E-state index contributed by atoms with van der Waals surface area (Å²) in [5.74, 6) is 0. The molecule has 0 spiro atoms. The molecular weight excluding hydrogens is 793 g/mol. The van der Waals surface area contributed by atoms with Gasteiger partial charge in [-0.25, -0.2) is 0 Å². The van der Waals surface area contributed by atoms with E-state index in [-0.39, 0.29) is 0 Å². The highest BCUT2D eigenvalue weighted by Crippen LogP contribution is 2.37. The van der Waals surface area contributed by atoms with Crippen molar-refractivity contribution < 1.29 is 0 Å². The predicted octanol–water partition coefficient (Wildman–Crippen LogP) is 18.2. The molecule has 316 valence electrons. The van der Waals surface area contributed by atoms with Crippen molar-refractivity contribution in [3.63, 3.8) is 0 Å². The molecule has 0 saturated carbocycles. The molecule has 8 rings (SSSR count). The van der Waals surface area contributed by atoms with E-state index in [4.69, 9.17) is 0 Å². The fourth-order valence-electron chi connectivity index (χ4n) is 7.16. The normalized spacial score (nSPS) is 12.0. The topological polar surface area (TPSA) is 148 Å². The molecule has 0 radical (unpaired) electrons. The number of nitrogens with one attached hydrogen (secondary N) is 2. The molecule has 0 bridgehead atoms. The van der Waals surface area contributed by atoms with E-state index in [1.165, 1.54) is 0 Å². The second-order valence-corrected chi connectivity index (χ2v) is 15.3. The van der Waals surface area contributed by atoms with Crippen molar-refractivity contribution in [2.75, 3.05) is 23.7 Å². The van der Waals surface area contributed by atoms with Crippen LogP contribution in [-0.2, 0) is 0 Å². The number of anilines is 2. The van der Waals surface area contributed by atoms with Gasteiger partial charge in [-0.15, -0.1) is 10.2 Å². The van der Waals surface area contributed by atoms with Crippen molar-refractivity contribution in [2.24, 2.45) is 51.1 Å². The number of nitrogens with zero attached hydrogens (tertiary/aromatic N) is 10. The van der Waals surface area contributed by atoms with Crippen molar-refractivity contribution in [3.8, 4) is 0 Å². The second-order valence-electron chi connectivity index (χ2n) is 15.3. The van der Waals surface area contributed by atoms with Gasteiger partial charge in [-0.1, -0.05) is 48.5 Å². The average molecular weight is 841 g/mol. The second kappa shape index (κ2) is 19.7. The fraction of sp³-hybridized carbons (Fsp3) is 0.154. The summed E-state index contributed by atoms with van der Waals surface area (Å²) in [6.45, 7) is 13.9. The van der Waals surface area contributed by atoms with E-state index in [2.05, 4.69) is 112 Å². The highest BCUT2D eigenvalue weighted by atomic mass is 15.1. The van der Waals surface area contributed by atoms with Gasteiger partial charge >= 0.3 is 0 Å². The zero-order valence-electron chi connectivity index (χ0n) is 36.7. The summed E-state index contributed by atoms with van der Waals surface area (Å²) in [6.07, 6.45) is 0. The zero-order valence-corrected chi connectivity index (χ0v) is 36.7. The van der Waals surface area contributed by atoms with Gasteiger partial charge < -0.3 is 10.6 Å². The molecule has 0 aliphatic heterocycles. The van der Waals surface area contributed by atoms with Crippen LogP contribution in [0.2, 0.25) is 0 Å². The third-order valence-electron chi connectivity index (χ3n) is 10.6. The van der Waals surface area contributed by atoms with Gasteiger partial charge in [0.2, 0.25) is 0 Å². The minimum Gasteiger partial charge on any atom is -0.385 e. The van der Waals surface area contributed by atoms with E-state index in [0.29, 0.717) is 22.7 Å². The van der Waals surface area contributed by atoms with Gasteiger partial charge in [-0.3, -0.25) is 0 Å². The van der Waals surface area contributed by atoms with E-state index < -0.39 is 0 Å². The van der Waals surface area contributed by atoms with Crippen LogP contribution in [0.4, 0.5) is 68.2 Å². The smallest absolute Gasteiger partial charge is 0.0936 e. The summed E-state index contributed by atoms with van der Waals surface area (Å²) in [7, 11) is 0. The Bertz CT molecular complexity index is 2900. The largest absolute Gasteiger partial charge is 0.385 e. The van der Waals surface area contributed by atoms with E-state index in [9.17, 15) is 0 Å². The Hall–Kier alpha value is -8.12. The lowest BCUT2D eigenvalue weighted by Gasteiger charge is -2.09. The van der Waals surface area contributed by atoms with Crippen LogP contribution in [0.5, 0.6) is 0 Å². The van der Waals surface area contributed by atoms with E-state index >= 15 is 0 Å². The van der Waals surface area contributed by atoms with Gasteiger partial charge in [-0.2, -0.15) is 40.9 Å². The Kier molecular flexibility index (Phi) is 13.1. The highest BCUT2D eigenvalue weighted by molar-refractivity contribution is 6.01. The van der Waals surface area contributed by atoms with Gasteiger partial charge in [-0.05, 0) is 161 Å². The molecule has 0 aromatic heterocycles. The van der Waals surface area contributed by atoms with Crippen molar-refractivity contribution in [1.82, 2.24) is 0 Å². The van der Waals surface area contributed by atoms with Crippen molar-refractivity contribution in [3.05, 3.63) is 168 Å². The number of hydrogen-bond acceptors (Lipinski definition) is 12. The average Bonchev–Trinajstić information content (AvgIpc) is 3.32. The standard InChI is InChI=1S/C52H48N12/c1-7-53-45-25-27-47(43-15-11-9-13-41(43)45)59-63-51-31-33(3)49(29-35(51)5)61-57-39-21-17-37(18-22-39)55-56-38-19-23-40(24-20-38)58-62-50-30-36(6)52(32-34(50)4)64-60-48-28-26-46(54-8-2)42-14-10-12-16-44(42)48/h9-32,53-54H,7-8H2,1-6H3. The van der Waals surface area contributed by atoms with Crippen LogP contribution in [-0.4, -0.2) is 13.1 Å². The molecule has 2 N–H and O–H groups in total. The minimum absolute atomic E-state index is 0.692. The molecule has 0 heterocycles. The number of benzene rings is 8. The molecular formula is C52H48N12. The third-order valence-corrected chi connectivity index (χ3v) is 10.6. The molecule has 12 nitrogen and oxygen atoms in total. The number of aryl methyl sites for hydroxylation is 4. The molecule has 8 aromatic carbocycles. The van der Waals surface area contributed by atoms with E-state index in [1.807, 2.05) is 137 Å². The summed E-state index contributed by atoms with van der Waals surface area (Å²) in [5.41, 5.74) is 13.5. The molecule has 0 amide bonds. The summed E-state index contributed by atoms with van der Waals surface area (Å²) < 4.78 is 0. The molecule has 0 unspecified atom stereocenters. The van der Waals surface area contributed by atoms with Crippen molar-refractivity contribution in [1.29, 1.82) is 0 Å².